The Hall–Kier alpha value is -1.78. The molecule has 29 heavy (non-hydrogen) atoms. The van der Waals surface area contributed by atoms with Crippen molar-refractivity contribution in [3.8, 4) is 5.75 Å². The lowest BCUT2D eigenvalue weighted by molar-refractivity contribution is -0.201. The summed E-state index contributed by atoms with van der Waals surface area (Å²) in [5.41, 5.74) is 0.462. The van der Waals surface area contributed by atoms with E-state index in [1.54, 1.807) is 36.7 Å². The van der Waals surface area contributed by atoms with Gasteiger partial charge in [-0.05, 0) is 36.3 Å². The Bertz CT molecular complexity index is 861. The number of hydrogen-bond donors (Lipinski definition) is 2. The highest BCUT2D eigenvalue weighted by atomic mass is 32.1. The minimum Gasteiger partial charge on any atom is -0.493 e. The maximum Gasteiger partial charge on any atom is 0.413 e. The van der Waals surface area contributed by atoms with E-state index in [2.05, 4.69) is 5.32 Å². The molecule has 0 aliphatic heterocycles. The Labute approximate surface area is 173 Å². The van der Waals surface area contributed by atoms with Gasteiger partial charge in [-0.2, -0.15) is 13.2 Å². The highest BCUT2D eigenvalue weighted by Crippen LogP contribution is 2.40. The molecule has 162 valence electrons. The molecular formula is C19H26F3NO4SSi. The Kier molecular flexibility index (Phi) is 6.91. The van der Waals surface area contributed by atoms with E-state index in [0.717, 1.165) is 4.70 Å². The van der Waals surface area contributed by atoms with E-state index in [4.69, 9.17) is 14.3 Å². The summed E-state index contributed by atoms with van der Waals surface area (Å²) >= 11 is 1.32. The van der Waals surface area contributed by atoms with Crippen molar-refractivity contribution in [2.75, 3.05) is 11.9 Å². The van der Waals surface area contributed by atoms with Gasteiger partial charge in [-0.3, -0.25) is 5.32 Å². The molecule has 2 N–H and O–H groups in total. The lowest BCUT2D eigenvalue weighted by Gasteiger charge is -2.39. The van der Waals surface area contributed by atoms with E-state index in [-0.39, 0.29) is 18.1 Å². The van der Waals surface area contributed by atoms with Gasteiger partial charge in [0.25, 0.3) is 0 Å². The minimum atomic E-state index is -4.46. The van der Waals surface area contributed by atoms with Gasteiger partial charge in [-0.25, -0.2) is 4.79 Å². The van der Waals surface area contributed by atoms with Crippen molar-refractivity contribution >= 4 is 41.5 Å². The van der Waals surface area contributed by atoms with Gasteiger partial charge < -0.3 is 14.3 Å². The zero-order chi connectivity index (χ0) is 22.0. The van der Waals surface area contributed by atoms with Crippen LogP contribution in [0.3, 0.4) is 0 Å². The summed E-state index contributed by atoms with van der Waals surface area (Å²) in [7, 11) is -2.58. The van der Waals surface area contributed by atoms with Crippen LogP contribution in [0.1, 0.15) is 27.2 Å². The Balaban J connectivity index is 2.04. The molecule has 0 aliphatic rings. The van der Waals surface area contributed by atoms with E-state index in [1.165, 1.54) is 11.3 Å². The van der Waals surface area contributed by atoms with Crippen molar-refractivity contribution in [1.29, 1.82) is 0 Å². The monoisotopic (exact) mass is 449 g/mol. The molecule has 0 saturated heterocycles. The first-order valence-electron chi connectivity index (χ1n) is 9.09. The van der Waals surface area contributed by atoms with Crippen LogP contribution in [0.25, 0.3) is 10.1 Å². The van der Waals surface area contributed by atoms with Gasteiger partial charge in [0.1, 0.15) is 11.9 Å². The van der Waals surface area contributed by atoms with E-state index < -0.39 is 26.7 Å². The maximum absolute atomic E-state index is 13.5. The summed E-state index contributed by atoms with van der Waals surface area (Å²) in [5.74, 6) is 0.425. The van der Waals surface area contributed by atoms with Gasteiger partial charge >= 0.3 is 12.3 Å². The number of alkyl halides is 3. The van der Waals surface area contributed by atoms with Gasteiger partial charge in [-0.1, -0.05) is 20.8 Å². The Morgan fingerprint density at radius 3 is 2.48 bits per heavy atom. The summed E-state index contributed by atoms with van der Waals surface area (Å²) in [4.78, 5) is 10.8. The molecule has 0 bridgehead atoms. The molecule has 0 spiro atoms. The summed E-state index contributed by atoms with van der Waals surface area (Å²) in [6.07, 6.45) is -7.80. The summed E-state index contributed by atoms with van der Waals surface area (Å²) < 4.78 is 52.3. The molecule has 2 aromatic rings. The fraction of sp³-hybridized carbons (Fsp3) is 0.526. The molecule has 1 heterocycles. The molecule has 1 aromatic heterocycles. The molecule has 0 aliphatic carbocycles. The van der Waals surface area contributed by atoms with Crippen molar-refractivity contribution < 1.29 is 32.2 Å². The summed E-state index contributed by atoms with van der Waals surface area (Å²) in [6, 6.07) is 4.98. The van der Waals surface area contributed by atoms with Gasteiger partial charge in [0.05, 0.1) is 12.3 Å². The van der Waals surface area contributed by atoms with Crippen LogP contribution in [0.4, 0.5) is 23.7 Å². The van der Waals surface area contributed by atoms with Crippen LogP contribution in [-0.4, -0.2) is 38.4 Å². The van der Waals surface area contributed by atoms with Crippen molar-refractivity contribution in [3.05, 3.63) is 23.6 Å². The summed E-state index contributed by atoms with van der Waals surface area (Å²) in [6.45, 7) is 9.13. The van der Waals surface area contributed by atoms with Gasteiger partial charge in [-0.15, -0.1) is 11.3 Å². The number of benzene rings is 1. The normalized spacial score (nSPS) is 14.1. The van der Waals surface area contributed by atoms with Crippen LogP contribution in [0.5, 0.6) is 5.75 Å². The summed E-state index contributed by atoms with van der Waals surface area (Å²) in [5, 5.41) is 13.2. The van der Waals surface area contributed by atoms with E-state index in [1.807, 2.05) is 20.8 Å². The number of anilines is 1. The zero-order valence-corrected chi connectivity index (χ0v) is 18.8. The second-order valence-corrected chi connectivity index (χ2v) is 14.0. The molecule has 0 fully saturated rings. The van der Waals surface area contributed by atoms with Crippen LogP contribution in [0.15, 0.2) is 23.6 Å². The van der Waals surface area contributed by atoms with Gasteiger partial charge in [0.2, 0.25) is 0 Å². The molecule has 0 saturated carbocycles. The van der Waals surface area contributed by atoms with E-state index in [9.17, 15) is 18.0 Å². The first-order valence-corrected chi connectivity index (χ1v) is 12.9. The molecular weight excluding hydrogens is 423 g/mol. The second-order valence-electron chi connectivity index (χ2n) is 8.28. The molecule has 0 unspecified atom stereocenters. The fourth-order valence-electron chi connectivity index (χ4n) is 2.42. The average Bonchev–Trinajstić information content (AvgIpc) is 2.93. The van der Waals surface area contributed by atoms with Gasteiger partial charge in [0.15, 0.2) is 8.32 Å². The van der Waals surface area contributed by atoms with Crippen molar-refractivity contribution in [3.63, 3.8) is 0 Å². The van der Waals surface area contributed by atoms with Crippen LogP contribution >= 0.6 is 11.3 Å². The number of thiophene rings is 1. The topological polar surface area (TPSA) is 67.8 Å². The lowest BCUT2D eigenvalue weighted by Crippen LogP contribution is -2.48. The number of halogens is 3. The largest absolute Gasteiger partial charge is 0.493 e. The molecule has 2 rings (SSSR count). The quantitative estimate of drug-likeness (QED) is 0.461. The smallest absolute Gasteiger partial charge is 0.413 e. The first-order chi connectivity index (χ1) is 13.2. The third kappa shape index (κ3) is 6.10. The van der Waals surface area contributed by atoms with Crippen LogP contribution in [0, 0.1) is 0 Å². The SMILES string of the molecule is CC(C)(C)[Si](C)(C)O[C@H](CCOc1ccc2c(NC(=O)O)csc2c1)C(F)(F)F. The number of ether oxygens (including phenoxy) is 1. The number of fused-ring (bicyclic) bond motifs is 1. The number of hydrogen-bond acceptors (Lipinski definition) is 4. The predicted molar refractivity (Wildman–Crippen MR) is 112 cm³/mol. The Morgan fingerprint density at radius 2 is 1.93 bits per heavy atom. The minimum absolute atomic E-state index is 0.143. The number of rotatable bonds is 7. The van der Waals surface area contributed by atoms with Crippen molar-refractivity contribution in [2.24, 2.45) is 0 Å². The predicted octanol–water partition coefficient (Wildman–Crippen LogP) is 6.71. The molecule has 1 amide bonds. The molecule has 10 heteroatoms. The molecule has 1 aromatic carbocycles. The highest BCUT2D eigenvalue weighted by molar-refractivity contribution is 7.17. The first kappa shape index (κ1) is 23.5. The van der Waals surface area contributed by atoms with Crippen LogP contribution < -0.4 is 10.1 Å². The van der Waals surface area contributed by atoms with Crippen LogP contribution in [-0.2, 0) is 4.43 Å². The fourth-order valence-corrected chi connectivity index (χ4v) is 4.65. The zero-order valence-electron chi connectivity index (χ0n) is 17.0. The van der Waals surface area contributed by atoms with Gasteiger partial charge in [0, 0.05) is 21.9 Å². The van der Waals surface area contributed by atoms with Crippen molar-refractivity contribution in [2.45, 2.75) is 57.6 Å². The molecule has 0 radical (unpaired) electrons. The lowest BCUT2D eigenvalue weighted by atomic mass is 10.2. The molecule has 5 nitrogen and oxygen atoms in total. The Morgan fingerprint density at radius 1 is 1.28 bits per heavy atom. The number of nitrogens with one attached hydrogen (secondary N) is 1. The van der Waals surface area contributed by atoms with Crippen molar-refractivity contribution in [1.82, 2.24) is 0 Å². The average molecular weight is 450 g/mol. The van der Waals surface area contributed by atoms with E-state index >= 15 is 0 Å². The standard InChI is InChI=1S/C19H26F3NO4SSi/c1-18(2,3)29(4,5)27-16(19(20,21)22)8-9-26-12-6-7-13-14(23-17(24)25)11-28-15(13)10-12/h6-7,10-11,16,23H,8-9H2,1-5H3,(H,24,25)/t16-/m1/s1. The second kappa shape index (κ2) is 8.53. The maximum atomic E-state index is 13.5. The number of carbonyl (C=O) groups is 1. The van der Waals surface area contributed by atoms with E-state index in [0.29, 0.717) is 16.8 Å². The number of amides is 1. The van der Waals surface area contributed by atoms with Crippen LogP contribution in [0.2, 0.25) is 18.1 Å². The molecule has 1 atom stereocenters. The number of carboxylic acid groups (broad SMARTS) is 1. The third-order valence-corrected chi connectivity index (χ3v) is 10.5. The highest BCUT2D eigenvalue weighted by Gasteiger charge is 2.47. The third-order valence-electron chi connectivity index (χ3n) is 5.05.